The predicted molar refractivity (Wildman–Crippen MR) is 46.4 cm³/mol. The van der Waals surface area contributed by atoms with Gasteiger partial charge in [-0.3, -0.25) is 0 Å². The van der Waals surface area contributed by atoms with Crippen molar-refractivity contribution < 1.29 is 0 Å². The van der Waals surface area contributed by atoms with Crippen LogP contribution in [0.2, 0.25) is 0 Å². The van der Waals surface area contributed by atoms with Gasteiger partial charge in [-0.1, -0.05) is 30.3 Å². The summed E-state index contributed by atoms with van der Waals surface area (Å²) in [6.45, 7) is 2.12. The van der Waals surface area contributed by atoms with E-state index in [1.54, 1.807) is 0 Å². The molecular weight excluding hydrogens is 134 g/mol. The Bertz CT molecular complexity index is 251. The third-order valence-electron chi connectivity index (χ3n) is 2.48. The summed E-state index contributed by atoms with van der Waals surface area (Å²) in [4.78, 5) is 0. The maximum Gasteiger partial charge on any atom is 0.0202 e. The van der Waals surface area contributed by atoms with Crippen LogP contribution in [-0.4, -0.2) is 5.54 Å². The van der Waals surface area contributed by atoms with Gasteiger partial charge in [-0.2, -0.15) is 0 Å². The second-order valence-electron chi connectivity index (χ2n) is 3.67. The minimum absolute atomic E-state index is 0.0708. The van der Waals surface area contributed by atoms with Crippen LogP contribution >= 0.6 is 0 Å². The van der Waals surface area contributed by atoms with Crippen LogP contribution in [0.3, 0.4) is 0 Å². The summed E-state index contributed by atoms with van der Waals surface area (Å²) in [5.41, 5.74) is 7.40. The highest BCUT2D eigenvalue weighted by Gasteiger charge is 2.47. The van der Waals surface area contributed by atoms with E-state index in [1.807, 2.05) is 6.07 Å². The summed E-state index contributed by atoms with van der Waals surface area (Å²) in [5.74, 6) is 0.601. The SMILES string of the molecule is CC1(N)CC1c1ccccc1. The molecule has 0 heterocycles. The molecule has 2 N–H and O–H groups in total. The van der Waals surface area contributed by atoms with Gasteiger partial charge in [0.25, 0.3) is 0 Å². The van der Waals surface area contributed by atoms with Crippen molar-refractivity contribution in [3.63, 3.8) is 0 Å². The van der Waals surface area contributed by atoms with Gasteiger partial charge in [0, 0.05) is 11.5 Å². The number of rotatable bonds is 1. The fourth-order valence-electron chi connectivity index (χ4n) is 1.56. The van der Waals surface area contributed by atoms with Gasteiger partial charge in [0.15, 0.2) is 0 Å². The molecule has 1 aliphatic rings. The molecule has 2 rings (SSSR count). The van der Waals surface area contributed by atoms with E-state index >= 15 is 0 Å². The van der Waals surface area contributed by atoms with Crippen LogP contribution in [0.4, 0.5) is 0 Å². The Balaban J connectivity index is 2.21. The normalized spacial score (nSPS) is 35.3. The van der Waals surface area contributed by atoms with Crippen LogP contribution in [-0.2, 0) is 0 Å². The fourth-order valence-corrected chi connectivity index (χ4v) is 1.56. The van der Waals surface area contributed by atoms with E-state index < -0.39 is 0 Å². The third kappa shape index (κ3) is 1.16. The molecule has 1 saturated carbocycles. The third-order valence-corrected chi connectivity index (χ3v) is 2.48. The highest BCUT2D eigenvalue weighted by atomic mass is 14.8. The van der Waals surface area contributed by atoms with Crippen LogP contribution in [0.5, 0.6) is 0 Å². The summed E-state index contributed by atoms with van der Waals surface area (Å²) in [6.07, 6.45) is 1.14. The van der Waals surface area contributed by atoms with Crippen molar-refractivity contribution in [3.05, 3.63) is 35.9 Å². The van der Waals surface area contributed by atoms with Crippen LogP contribution in [0, 0.1) is 0 Å². The molecule has 1 aromatic rings. The molecule has 0 bridgehead atoms. The Hall–Kier alpha value is -0.820. The molecular formula is C10H13N. The second-order valence-corrected chi connectivity index (χ2v) is 3.67. The second kappa shape index (κ2) is 2.08. The van der Waals surface area contributed by atoms with E-state index in [1.165, 1.54) is 5.56 Å². The van der Waals surface area contributed by atoms with Gasteiger partial charge < -0.3 is 5.73 Å². The van der Waals surface area contributed by atoms with Gasteiger partial charge >= 0.3 is 0 Å². The Morgan fingerprint density at radius 2 is 1.91 bits per heavy atom. The van der Waals surface area contributed by atoms with E-state index in [2.05, 4.69) is 31.2 Å². The van der Waals surface area contributed by atoms with Gasteiger partial charge in [0.05, 0.1) is 0 Å². The fraction of sp³-hybridized carbons (Fsp3) is 0.400. The molecule has 2 unspecified atom stereocenters. The summed E-state index contributed by atoms with van der Waals surface area (Å²) >= 11 is 0. The monoisotopic (exact) mass is 147 g/mol. The molecule has 1 aromatic carbocycles. The largest absolute Gasteiger partial charge is 0.325 e. The molecule has 2 atom stereocenters. The maximum atomic E-state index is 5.94. The van der Waals surface area contributed by atoms with Gasteiger partial charge in [-0.05, 0) is 18.9 Å². The molecule has 1 heteroatoms. The van der Waals surface area contributed by atoms with Gasteiger partial charge in [-0.25, -0.2) is 0 Å². The highest BCUT2D eigenvalue weighted by Crippen LogP contribution is 2.48. The number of nitrogens with two attached hydrogens (primary N) is 1. The average molecular weight is 147 g/mol. The molecule has 0 aromatic heterocycles. The Morgan fingerprint density at radius 3 is 2.36 bits per heavy atom. The summed E-state index contributed by atoms with van der Waals surface area (Å²) in [6, 6.07) is 10.5. The molecule has 1 nitrogen and oxygen atoms in total. The van der Waals surface area contributed by atoms with E-state index in [0.29, 0.717) is 5.92 Å². The minimum Gasteiger partial charge on any atom is -0.325 e. The first-order chi connectivity index (χ1) is 5.20. The Morgan fingerprint density at radius 1 is 1.36 bits per heavy atom. The molecule has 0 spiro atoms. The first kappa shape index (κ1) is 6.86. The first-order valence-corrected chi connectivity index (χ1v) is 4.04. The summed E-state index contributed by atoms with van der Waals surface area (Å²) in [5, 5.41) is 0. The molecule has 0 aliphatic heterocycles. The lowest BCUT2D eigenvalue weighted by molar-refractivity contribution is 0.728. The van der Waals surface area contributed by atoms with Crippen molar-refractivity contribution in [1.29, 1.82) is 0 Å². The quantitative estimate of drug-likeness (QED) is 0.645. The molecule has 1 fully saturated rings. The van der Waals surface area contributed by atoms with Crippen LogP contribution in [0.25, 0.3) is 0 Å². The standard InChI is InChI=1S/C10H13N/c1-10(11)7-9(10)8-5-3-2-4-6-8/h2-6,9H,7,11H2,1H3. The smallest absolute Gasteiger partial charge is 0.0202 e. The topological polar surface area (TPSA) is 26.0 Å². The van der Waals surface area contributed by atoms with Crippen molar-refractivity contribution in [1.82, 2.24) is 0 Å². The van der Waals surface area contributed by atoms with Crippen molar-refractivity contribution in [2.24, 2.45) is 5.73 Å². The Kier molecular flexibility index (Phi) is 1.30. The van der Waals surface area contributed by atoms with Gasteiger partial charge in [-0.15, -0.1) is 0 Å². The summed E-state index contributed by atoms with van der Waals surface area (Å²) < 4.78 is 0. The Labute approximate surface area is 67.2 Å². The molecule has 0 amide bonds. The zero-order chi connectivity index (χ0) is 7.90. The lowest BCUT2D eigenvalue weighted by Crippen LogP contribution is -2.18. The highest BCUT2D eigenvalue weighted by molar-refractivity contribution is 5.31. The van der Waals surface area contributed by atoms with E-state index in [9.17, 15) is 0 Å². The number of hydrogen-bond acceptors (Lipinski definition) is 1. The minimum atomic E-state index is 0.0708. The van der Waals surface area contributed by atoms with Crippen molar-refractivity contribution in [3.8, 4) is 0 Å². The van der Waals surface area contributed by atoms with E-state index in [4.69, 9.17) is 5.73 Å². The zero-order valence-electron chi connectivity index (χ0n) is 6.75. The van der Waals surface area contributed by atoms with E-state index in [-0.39, 0.29) is 5.54 Å². The van der Waals surface area contributed by atoms with Crippen LogP contribution < -0.4 is 5.73 Å². The van der Waals surface area contributed by atoms with Crippen LogP contribution in [0.1, 0.15) is 24.8 Å². The number of hydrogen-bond donors (Lipinski definition) is 1. The lowest BCUT2D eigenvalue weighted by Gasteiger charge is -2.02. The lowest BCUT2D eigenvalue weighted by atomic mass is 10.1. The van der Waals surface area contributed by atoms with Crippen molar-refractivity contribution >= 4 is 0 Å². The maximum absolute atomic E-state index is 5.94. The molecule has 0 saturated heterocycles. The molecule has 11 heavy (non-hydrogen) atoms. The van der Waals surface area contributed by atoms with Gasteiger partial charge in [0.2, 0.25) is 0 Å². The molecule has 1 aliphatic carbocycles. The average Bonchev–Trinajstić information content (AvgIpc) is 2.62. The van der Waals surface area contributed by atoms with E-state index in [0.717, 1.165) is 6.42 Å². The first-order valence-electron chi connectivity index (χ1n) is 4.04. The number of benzene rings is 1. The zero-order valence-corrected chi connectivity index (χ0v) is 6.75. The summed E-state index contributed by atoms with van der Waals surface area (Å²) in [7, 11) is 0. The van der Waals surface area contributed by atoms with Gasteiger partial charge in [0.1, 0.15) is 0 Å². The van der Waals surface area contributed by atoms with Crippen molar-refractivity contribution in [2.75, 3.05) is 0 Å². The van der Waals surface area contributed by atoms with Crippen LogP contribution in [0.15, 0.2) is 30.3 Å². The molecule has 0 radical (unpaired) electrons. The predicted octanol–water partition coefficient (Wildman–Crippen LogP) is 1.89. The molecule has 58 valence electrons. The van der Waals surface area contributed by atoms with Crippen molar-refractivity contribution in [2.45, 2.75) is 24.8 Å².